The van der Waals surface area contributed by atoms with Crippen LogP contribution in [0.5, 0.6) is 0 Å². The van der Waals surface area contributed by atoms with Gasteiger partial charge in [-0.25, -0.2) is 9.07 Å². The Balaban J connectivity index is 1.94. The van der Waals surface area contributed by atoms with Gasteiger partial charge < -0.3 is 4.90 Å². The van der Waals surface area contributed by atoms with E-state index in [9.17, 15) is 9.18 Å². The Kier molecular flexibility index (Phi) is 4.43. The summed E-state index contributed by atoms with van der Waals surface area (Å²) in [5, 5.41) is 4.51. The third-order valence-corrected chi connectivity index (χ3v) is 4.73. The number of piperidine rings is 1. The molecule has 0 N–H and O–H groups in total. The van der Waals surface area contributed by atoms with Gasteiger partial charge >= 0.3 is 0 Å². The molecule has 2 atom stereocenters. The van der Waals surface area contributed by atoms with Crippen LogP contribution in [0.15, 0.2) is 24.3 Å². The predicted octanol–water partition coefficient (Wildman–Crippen LogP) is 3.75. The third kappa shape index (κ3) is 3.07. The van der Waals surface area contributed by atoms with Crippen LogP contribution < -0.4 is 0 Å². The van der Waals surface area contributed by atoms with Crippen molar-refractivity contribution in [1.82, 2.24) is 14.7 Å². The molecule has 1 aromatic heterocycles. The molecular weight excluding hydrogens is 305 g/mol. The molecule has 2 heterocycles. The van der Waals surface area contributed by atoms with Crippen molar-refractivity contribution in [2.24, 2.45) is 11.8 Å². The van der Waals surface area contributed by atoms with Gasteiger partial charge in [-0.15, -0.1) is 0 Å². The molecule has 0 saturated carbocycles. The summed E-state index contributed by atoms with van der Waals surface area (Å²) in [5.74, 6) is 0.806. The molecule has 24 heavy (non-hydrogen) atoms. The Labute approximate surface area is 142 Å². The first-order chi connectivity index (χ1) is 11.4. The molecule has 2 unspecified atom stereocenters. The van der Waals surface area contributed by atoms with Crippen LogP contribution in [0, 0.1) is 31.5 Å². The van der Waals surface area contributed by atoms with Crippen molar-refractivity contribution in [2.45, 2.75) is 34.1 Å². The van der Waals surface area contributed by atoms with Crippen LogP contribution in [0.4, 0.5) is 4.39 Å². The Morgan fingerprint density at radius 1 is 1.12 bits per heavy atom. The first-order valence-electron chi connectivity index (χ1n) is 8.48. The molecule has 1 saturated heterocycles. The van der Waals surface area contributed by atoms with Crippen LogP contribution in [-0.4, -0.2) is 33.7 Å². The van der Waals surface area contributed by atoms with E-state index in [4.69, 9.17) is 0 Å². The highest BCUT2D eigenvalue weighted by Crippen LogP contribution is 2.25. The minimum atomic E-state index is -0.284. The number of aromatic nitrogens is 2. The van der Waals surface area contributed by atoms with Gasteiger partial charge in [0.2, 0.25) is 0 Å². The van der Waals surface area contributed by atoms with Crippen LogP contribution in [0.1, 0.15) is 42.0 Å². The van der Waals surface area contributed by atoms with Crippen LogP contribution >= 0.6 is 0 Å². The molecule has 1 amide bonds. The Morgan fingerprint density at radius 3 is 2.29 bits per heavy atom. The number of hydrogen-bond acceptors (Lipinski definition) is 2. The fraction of sp³-hybridized carbons (Fsp3) is 0.474. The quantitative estimate of drug-likeness (QED) is 0.842. The van der Waals surface area contributed by atoms with E-state index >= 15 is 0 Å². The number of carbonyl (C=O) groups is 1. The molecule has 4 nitrogen and oxygen atoms in total. The molecule has 128 valence electrons. The standard InChI is InChI=1S/C19H24FN3O/c1-12-9-13(2)11-22(10-12)19(24)18-14(3)21-23(15(18)4)17-7-5-16(20)6-8-17/h5-8,12-13H,9-11H2,1-4H3. The molecule has 1 fully saturated rings. The minimum Gasteiger partial charge on any atom is -0.338 e. The lowest BCUT2D eigenvalue weighted by atomic mass is 9.91. The van der Waals surface area contributed by atoms with Crippen LogP contribution in [0.3, 0.4) is 0 Å². The van der Waals surface area contributed by atoms with Crippen LogP contribution in [-0.2, 0) is 0 Å². The normalized spacial score (nSPS) is 21.1. The molecule has 1 aliphatic rings. The average molecular weight is 329 g/mol. The summed E-state index contributed by atoms with van der Waals surface area (Å²) < 4.78 is 14.9. The van der Waals surface area contributed by atoms with Crippen molar-refractivity contribution in [1.29, 1.82) is 0 Å². The maximum atomic E-state index is 13.1. The monoisotopic (exact) mass is 329 g/mol. The number of amides is 1. The zero-order chi connectivity index (χ0) is 17.4. The lowest BCUT2D eigenvalue weighted by molar-refractivity contribution is 0.0621. The van der Waals surface area contributed by atoms with Crippen LogP contribution in [0.2, 0.25) is 0 Å². The van der Waals surface area contributed by atoms with Crippen molar-refractivity contribution in [2.75, 3.05) is 13.1 Å². The third-order valence-electron chi connectivity index (χ3n) is 4.73. The molecular formula is C19H24FN3O. The second kappa shape index (κ2) is 6.38. The van der Waals surface area contributed by atoms with Gasteiger partial charge in [0.1, 0.15) is 5.82 Å². The van der Waals surface area contributed by atoms with E-state index in [1.54, 1.807) is 16.8 Å². The number of likely N-dealkylation sites (tertiary alicyclic amines) is 1. The summed E-state index contributed by atoms with van der Waals surface area (Å²) >= 11 is 0. The molecule has 2 aromatic rings. The summed E-state index contributed by atoms with van der Waals surface area (Å²) in [4.78, 5) is 15.0. The Hall–Kier alpha value is -2.17. The Morgan fingerprint density at radius 2 is 1.71 bits per heavy atom. The topological polar surface area (TPSA) is 38.1 Å². The van der Waals surface area contributed by atoms with Crippen molar-refractivity contribution in [3.8, 4) is 5.69 Å². The molecule has 1 aliphatic heterocycles. The number of rotatable bonds is 2. The van der Waals surface area contributed by atoms with E-state index in [0.29, 0.717) is 23.1 Å². The van der Waals surface area contributed by atoms with Gasteiger partial charge in [-0.3, -0.25) is 4.79 Å². The number of benzene rings is 1. The van der Waals surface area contributed by atoms with Gasteiger partial charge in [0, 0.05) is 13.1 Å². The number of nitrogens with zero attached hydrogens (tertiary/aromatic N) is 3. The summed E-state index contributed by atoms with van der Waals surface area (Å²) in [6, 6.07) is 6.16. The number of aryl methyl sites for hydroxylation is 1. The Bertz CT molecular complexity index is 741. The van der Waals surface area contributed by atoms with Crippen molar-refractivity contribution in [3.63, 3.8) is 0 Å². The fourth-order valence-corrected chi connectivity index (χ4v) is 3.77. The van der Waals surface area contributed by atoms with Crippen molar-refractivity contribution >= 4 is 5.91 Å². The first kappa shape index (κ1) is 16.7. The van der Waals surface area contributed by atoms with Crippen LogP contribution in [0.25, 0.3) is 5.69 Å². The van der Waals surface area contributed by atoms with E-state index < -0.39 is 0 Å². The van der Waals surface area contributed by atoms with Gasteiger partial charge in [0.05, 0.1) is 22.6 Å². The van der Waals surface area contributed by atoms with Gasteiger partial charge in [0.15, 0.2) is 0 Å². The van der Waals surface area contributed by atoms with E-state index in [1.165, 1.54) is 12.1 Å². The number of carbonyl (C=O) groups excluding carboxylic acids is 1. The smallest absolute Gasteiger partial charge is 0.257 e. The summed E-state index contributed by atoms with van der Waals surface area (Å²) in [5.41, 5.74) is 2.94. The van der Waals surface area contributed by atoms with E-state index in [-0.39, 0.29) is 11.7 Å². The molecule has 3 rings (SSSR count). The second-order valence-electron chi connectivity index (χ2n) is 7.09. The van der Waals surface area contributed by atoms with E-state index in [2.05, 4.69) is 18.9 Å². The maximum absolute atomic E-state index is 13.1. The van der Waals surface area contributed by atoms with Gasteiger partial charge in [-0.1, -0.05) is 13.8 Å². The zero-order valence-electron chi connectivity index (χ0n) is 14.7. The highest BCUT2D eigenvalue weighted by Gasteiger charge is 2.29. The molecule has 0 spiro atoms. The second-order valence-corrected chi connectivity index (χ2v) is 7.09. The van der Waals surface area contributed by atoms with Gasteiger partial charge in [-0.2, -0.15) is 5.10 Å². The minimum absolute atomic E-state index is 0.0526. The summed E-state index contributed by atoms with van der Waals surface area (Å²) in [7, 11) is 0. The van der Waals surface area contributed by atoms with Crippen molar-refractivity contribution < 1.29 is 9.18 Å². The highest BCUT2D eigenvalue weighted by molar-refractivity contribution is 5.96. The predicted molar refractivity (Wildman–Crippen MR) is 91.8 cm³/mol. The van der Waals surface area contributed by atoms with Crippen molar-refractivity contribution in [3.05, 3.63) is 47.0 Å². The SMILES string of the molecule is Cc1nn(-c2ccc(F)cc2)c(C)c1C(=O)N1CC(C)CC(C)C1. The largest absolute Gasteiger partial charge is 0.338 e. The fourth-order valence-electron chi connectivity index (χ4n) is 3.77. The lowest BCUT2D eigenvalue weighted by Gasteiger charge is -2.35. The molecule has 0 aliphatic carbocycles. The highest BCUT2D eigenvalue weighted by atomic mass is 19.1. The van der Waals surface area contributed by atoms with E-state index in [1.807, 2.05) is 18.7 Å². The number of halogens is 1. The lowest BCUT2D eigenvalue weighted by Crippen LogP contribution is -2.42. The maximum Gasteiger partial charge on any atom is 0.257 e. The molecule has 1 aromatic carbocycles. The first-order valence-corrected chi connectivity index (χ1v) is 8.48. The van der Waals surface area contributed by atoms with Gasteiger partial charge in [-0.05, 0) is 56.4 Å². The molecule has 5 heteroatoms. The average Bonchev–Trinajstić information content (AvgIpc) is 2.81. The molecule has 0 bridgehead atoms. The summed E-state index contributed by atoms with van der Waals surface area (Å²) in [6.07, 6.45) is 1.16. The number of hydrogen-bond donors (Lipinski definition) is 0. The zero-order valence-corrected chi connectivity index (χ0v) is 14.7. The van der Waals surface area contributed by atoms with E-state index in [0.717, 1.165) is 30.9 Å². The summed E-state index contributed by atoms with van der Waals surface area (Å²) in [6.45, 7) is 9.73. The van der Waals surface area contributed by atoms with Gasteiger partial charge in [0.25, 0.3) is 5.91 Å². The molecule has 0 radical (unpaired) electrons.